The van der Waals surface area contributed by atoms with E-state index in [4.69, 9.17) is 14.6 Å². The molecule has 0 spiro atoms. The number of carboxylic acid groups (broad SMARTS) is 1. The van der Waals surface area contributed by atoms with E-state index >= 15 is 0 Å². The SMILES string of the molecule is COCOC[C@H](CC(=O)O)NC(C)(C)C. The largest absolute Gasteiger partial charge is 0.481 e. The molecule has 0 amide bonds. The lowest BCUT2D eigenvalue weighted by atomic mass is 10.1. The Morgan fingerprint density at radius 3 is 2.47 bits per heavy atom. The number of carbonyl (C=O) groups is 1. The average molecular weight is 219 g/mol. The first kappa shape index (κ1) is 14.3. The molecule has 0 saturated heterocycles. The van der Waals surface area contributed by atoms with Gasteiger partial charge in [0.1, 0.15) is 6.79 Å². The number of hydrogen-bond donors (Lipinski definition) is 2. The van der Waals surface area contributed by atoms with E-state index in [1.165, 1.54) is 7.11 Å². The third-order valence-electron chi connectivity index (χ3n) is 1.58. The summed E-state index contributed by atoms with van der Waals surface area (Å²) in [5.74, 6) is -0.835. The molecule has 0 rings (SSSR count). The summed E-state index contributed by atoms with van der Waals surface area (Å²) < 4.78 is 9.87. The predicted octanol–water partition coefficient (Wildman–Crippen LogP) is 0.838. The summed E-state index contributed by atoms with van der Waals surface area (Å²) in [6.45, 7) is 6.47. The molecule has 0 saturated carbocycles. The highest BCUT2D eigenvalue weighted by Gasteiger charge is 2.19. The van der Waals surface area contributed by atoms with Crippen molar-refractivity contribution in [2.45, 2.75) is 38.8 Å². The Labute approximate surface area is 90.8 Å². The van der Waals surface area contributed by atoms with Gasteiger partial charge in [-0.2, -0.15) is 0 Å². The van der Waals surface area contributed by atoms with Crippen LogP contribution in [-0.2, 0) is 14.3 Å². The van der Waals surface area contributed by atoms with E-state index in [0.717, 1.165) is 0 Å². The average Bonchev–Trinajstić information content (AvgIpc) is 2.00. The van der Waals surface area contributed by atoms with Crippen LogP contribution < -0.4 is 5.32 Å². The van der Waals surface area contributed by atoms with Gasteiger partial charge in [0.2, 0.25) is 0 Å². The van der Waals surface area contributed by atoms with Gasteiger partial charge in [-0.15, -0.1) is 0 Å². The number of methoxy groups -OCH3 is 1. The molecule has 0 aromatic rings. The Hall–Kier alpha value is -0.650. The lowest BCUT2D eigenvalue weighted by Gasteiger charge is -2.27. The minimum absolute atomic E-state index is 0.0426. The Morgan fingerprint density at radius 1 is 1.47 bits per heavy atom. The normalized spacial score (nSPS) is 13.9. The van der Waals surface area contributed by atoms with Crippen molar-refractivity contribution in [3.05, 3.63) is 0 Å². The van der Waals surface area contributed by atoms with Gasteiger partial charge in [0.25, 0.3) is 0 Å². The monoisotopic (exact) mass is 219 g/mol. The van der Waals surface area contributed by atoms with Gasteiger partial charge in [-0.1, -0.05) is 0 Å². The molecule has 15 heavy (non-hydrogen) atoms. The van der Waals surface area contributed by atoms with E-state index < -0.39 is 5.97 Å². The van der Waals surface area contributed by atoms with E-state index in [1.54, 1.807) is 0 Å². The van der Waals surface area contributed by atoms with Crippen LogP contribution in [0.2, 0.25) is 0 Å². The molecule has 5 heteroatoms. The van der Waals surface area contributed by atoms with Gasteiger partial charge in [0, 0.05) is 18.7 Å². The van der Waals surface area contributed by atoms with Crippen molar-refractivity contribution >= 4 is 5.97 Å². The van der Waals surface area contributed by atoms with Crippen LogP contribution in [-0.4, -0.2) is 43.2 Å². The van der Waals surface area contributed by atoms with Gasteiger partial charge >= 0.3 is 5.97 Å². The zero-order valence-corrected chi connectivity index (χ0v) is 9.87. The van der Waals surface area contributed by atoms with E-state index in [1.807, 2.05) is 20.8 Å². The molecule has 0 radical (unpaired) electrons. The summed E-state index contributed by atoms with van der Waals surface area (Å²) in [4.78, 5) is 10.6. The van der Waals surface area contributed by atoms with Crippen molar-refractivity contribution in [1.29, 1.82) is 0 Å². The summed E-state index contributed by atoms with van der Waals surface area (Å²) in [6, 6.07) is -0.197. The van der Waals surface area contributed by atoms with Crippen LogP contribution in [0.3, 0.4) is 0 Å². The standard InChI is InChI=1S/C10H21NO4/c1-10(2,3)11-8(5-9(12)13)6-15-7-14-4/h8,11H,5-7H2,1-4H3,(H,12,13)/t8-/m0/s1. The highest BCUT2D eigenvalue weighted by Crippen LogP contribution is 2.04. The molecule has 0 bridgehead atoms. The van der Waals surface area contributed by atoms with Gasteiger partial charge in [0.15, 0.2) is 0 Å². The molecule has 1 atom stereocenters. The van der Waals surface area contributed by atoms with Crippen molar-refractivity contribution in [2.24, 2.45) is 0 Å². The van der Waals surface area contributed by atoms with Crippen LogP contribution in [0.4, 0.5) is 0 Å². The molecule has 5 nitrogen and oxygen atoms in total. The molecule has 0 fully saturated rings. The van der Waals surface area contributed by atoms with Crippen molar-refractivity contribution in [3.8, 4) is 0 Å². The van der Waals surface area contributed by atoms with E-state index in [0.29, 0.717) is 6.61 Å². The van der Waals surface area contributed by atoms with Crippen molar-refractivity contribution in [2.75, 3.05) is 20.5 Å². The summed E-state index contributed by atoms with van der Waals surface area (Å²) in [5, 5.41) is 11.9. The van der Waals surface area contributed by atoms with Crippen LogP contribution in [0.5, 0.6) is 0 Å². The number of ether oxygens (including phenoxy) is 2. The molecule has 0 heterocycles. The lowest BCUT2D eigenvalue weighted by molar-refractivity contribution is -0.138. The minimum Gasteiger partial charge on any atom is -0.481 e. The van der Waals surface area contributed by atoms with Crippen molar-refractivity contribution in [3.63, 3.8) is 0 Å². The molecule has 2 N–H and O–H groups in total. The van der Waals surface area contributed by atoms with Crippen molar-refractivity contribution in [1.82, 2.24) is 5.32 Å². The second-order valence-corrected chi connectivity index (χ2v) is 4.47. The smallest absolute Gasteiger partial charge is 0.305 e. The van der Waals surface area contributed by atoms with Crippen LogP contribution in [0, 0.1) is 0 Å². The highest BCUT2D eigenvalue weighted by atomic mass is 16.7. The van der Waals surface area contributed by atoms with Gasteiger partial charge in [-0.3, -0.25) is 4.79 Å². The number of nitrogens with one attached hydrogen (secondary N) is 1. The summed E-state index contributed by atoms with van der Waals surface area (Å²) in [7, 11) is 1.53. The van der Waals surface area contributed by atoms with Gasteiger partial charge in [-0.05, 0) is 20.8 Å². The molecule has 0 aromatic carbocycles. The zero-order valence-electron chi connectivity index (χ0n) is 9.87. The Bertz CT molecular complexity index is 188. The maximum atomic E-state index is 10.6. The van der Waals surface area contributed by atoms with Crippen LogP contribution in [0.15, 0.2) is 0 Å². The third kappa shape index (κ3) is 9.65. The Kier molecular flexibility index (Phi) is 6.47. The maximum absolute atomic E-state index is 10.6. The fourth-order valence-electron chi connectivity index (χ4n) is 1.25. The summed E-state index contributed by atoms with van der Waals surface area (Å²) >= 11 is 0. The van der Waals surface area contributed by atoms with Crippen LogP contribution in [0.1, 0.15) is 27.2 Å². The number of hydrogen-bond acceptors (Lipinski definition) is 4. The van der Waals surface area contributed by atoms with Crippen LogP contribution in [0.25, 0.3) is 0 Å². The Balaban J connectivity index is 4.01. The third-order valence-corrected chi connectivity index (χ3v) is 1.58. The fraction of sp³-hybridized carbons (Fsp3) is 0.900. The maximum Gasteiger partial charge on any atom is 0.305 e. The molecule has 90 valence electrons. The van der Waals surface area contributed by atoms with Gasteiger partial charge < -0.3 is 19.9 Å². The van der Waals surface area contributed by atoms with E-state index in [2.05, 4.69) is 5.32 Å². The Morgan fingerprint density at radius 2 is 2.07 bits per heavy atom. The molecule has 0 unspecified atom stereocenters. The first-order valence-corrected chi connectivity index (χ1v) is 4.91. The zero-order chi connectivity index (χ0) is 11.9. The fourth-order valence-corrected chi connectivity index (χ4v) is 1.25. The first-order chi connectivity index (χ1) is 6.85. The summed E-state index contributed by atoms with van der Waals surface area (Å²) in [6.07, 6.45) is 0.0426. The predicted molar refractivity (Wildman–Crippen MR) is 56.8 cm³/mol. The van der Waals surface area contributed by atoms with Crippen molar-refractivity contribution < 1.29 is 19.4 Å². The van der Waals surface area contributed by atoms with E-state index in [-0.39, 0.29) is 24.8 Å². The van der Waals surface area contributed by atoms with E-state index in [9.17, 15) is 4.79 Å². The lowest BCUT2D eigenvalue weighted by Crippen LogP contribution is -2.47. The number of carboxylic acids is 1. The topological polar surface area (TPSA) is 67.8 Å². The summed E-state index contributed by atoms with van der Waals surface area (Å²) in [5.41, 5.74) is -0.128. The highest BCUT2D eigenvalue weighted by molar-refractivity contribution is 5.67. The molecule has 0 aliphatic rings. The second kappa shape index (κ2) is 6.76. The first-order valence-electron chi connectivity index (χ1n) is 4.91. The number of aliphatic carboxylic acids is 1. The molecule has 0 aromatic heterocycles. The minimum atomic E-state index is -0.835. The number of rotatable bonds is 7. The second-order valence-electron chi connectivity index (χ2n) is 4.47. The molecular weight excluding hydrogens is 198 g/mol. The quantitative estimate of drug-likeness (QED) is 0.490. The van der Waals surface area contributed by atoms with Gasteiger partial charge in [0.05, 0.1) is 13.0 Å². The van der Waals surface area contributed by atoms with Crippen LogP contribution >= 0.6 is 0 Å². The molecule has 0 aliphatic heterocycles. The molecule has 0 aliphatic carbocycles. The van der Waals surface area contributed by atoms with Gasteiger partial charge in [-0.25, -0.2) is 0 Å². The molecular formula is C10H21NO4.